The second kappa shape index (κ2) is 3.87. The third-order valence-electron chi connectivity index (χ3n) is 3.85. The smallest absolute Gasteiger partial charge is 0.0794 e. The van der Waals surface area contributed by atoms with E-state index >= 15 is 0 Å². The van der Waals surface area contributed by atoms with Crippen molar-refractivity contribution in [2.45, 2.75) is 51.6 Å². The lowest BCUT2D eigenvalue weighted by Crippen LogP contribution is -2.48. The molecule has 15 heavy (non-hydrogen) atoms. The number of aliphatic hydroxyl groups is 1. The van der Waals surface area contributed by atoms with Gasteiger partial charge >= 0.3 is 0 Å². The summed E-state index contributed by atoms with van der Waals surface area (Å²) in [5.41, 5.74) is 1.35. The molecule has 1 aliphatic carbocycles. The molecule has 2 nitrogen and oxygen atoms in total. The minimum Gasteiger partial charge on any atom is -0.389 e. The fourth-order valence-electron chi connectivity index (χ4n) is 2.50. The second-order valence-electron chi connectivity index (χ2n) is 5.27. The summed E-state index contributed by atoms with van der Waals surface area (Å²) in [5.74, 6) is 0. The molecule has 0 spiro atoms. The fraction of sp³-hybridized carbons (Fsp3) is 0.750. The lowest BCUT2D eigenvalue weighted by atomic mass is 9.64. The monoisotopic (exact) mass is 225 g/mol. The van der Waals surface area contributed by atoms with E-state index in [1.807, 2.05) is 11.7 Å². The zero-order chi connectivity index (χ0) is 10.9. The number of hydrogen-bond donors (Lipinski definition) is 1. The van der Waals surface area contributed by atoms with E-state index in [0.717, 1.165) is 25.7 Å². The Labute approximate surface area is 95.4 Å². The molecular formula is C12H19NOS. The third kappa shape index (κ3) is 2.08. The molecule has 1 N–H and O–H groups in total. The van der Waals surface area contributed by atoms with Crippen molar-refractivity contribution in [2.75, 3.05) is 0 Å². The highest BCUT2D eigenvalue weighted by atomic mass is 32.1. The van der Waals surface area contributed by atoms with E-state index < -0.39 is 5.60 Å². The predicted octanol–water partition coefficient (Wildman–Crippen LogP) is 3.02. The topological polar surface area (TPSA) is 33.1 Å². The minimum atomic E-state index is -0.530. The molecule has 1 saturated carbocycles. The molecular weight excluding hydrogens is 206 g/mol. The van der Waals surface area contributed by atoms with Gasteiger partial charge in [-0.3, -0.25) is 4.98 Å². The molecule has 1 heterocycles. The van der Waals surface area contributed by atoms with Crippen LogP contribution in [0.15, 0.2) is 11.7 Å². The molecule has 1 fully saturated rings. The summed E-state index contributed by atoms with van der Waals surface area (Å²) in [6.07, 6.45) is 7.11. The van der Waals surface area contributed by atoms with E-state index in [9.17, 15) is 5.11 Å². The van der Waals surface area contributed by atoms with Gasteiger partial charge in [0.1, 0.15) is 0 Å². The molecule has 0 aliphatic heterocycles. The largest absolute Gasteiger partial charge is 0.389 e. The molecule has 0 saturated heterocycles. The minimum absolute atomic E-state index is 0.0369. The van der Waals surface area contributed by atoms with Gasteiger partial charge in [-0.2, -0.15) is 0 Å². The Bertz CT molecular complexity index is 320. The molecule has 3 heteroatoms. The number of nitrogens with zero attached hydrogens (tertiary/aromatic N) is 1. The SMILES string of the molecule is CC1(C)CCCCC1(O)Cc1cncs1. The zero-order valence-corrected chi connectivity index (χ0v) is 10.3. The number of aromatic nitrogens is 1. The van der Waals surface area contributed by atoms with Gasteiger partial charge in [0.05, 0.1) is 11.1 Å². The Kier molecular flexibility index (Phi) is 2.86. The highest BCUT2D eigenvalue weighted by Crippen LogP contribution is 2.45. The fourth-order valence-corrected chi connectivity index (χ4v) is 3.20. The average Bonchev–Trinajstić information content (AvgIpc) is 2.63. The maximum Gasteiger partial charge on any atom is 0.0794 e. The van der Waals surface area contributed by atoms with E-state index in [4.69, 9.17) is 0 Å². The Hall–Kier alpha value is -0.410. The molecule has 0 radical (unpaired) electrons. The van der Waals surface area contributed by atoms with Crippen LogP contribution in [0.25, 0.3) is 0 Å². The van der Waals surface area contributed by atoms with Crippen LogP contribution in [0.3, 0.4) is 0 Å². The van der Waals surface area contributed by atoms with Gasteiger partial charge in [0.2, 0.25) is 0 Å². The van der Waals surface area contributed by atoms with Gasteiger partial charge in [-0.25, -0.2) is 0 Å². The maximum atomic E-state index is 10.7. The summed E-state index contributed by atoms with van der Waals surface area (Å²) in [6, 6.07) is 0. The molecule has 2 rings (SSSR count). The summed E-state index contributed by atoms with van der Waals surface area (Å²) < 4.78 is 0. The quantitative estimate of drug-likeness (QED) is 0.839. The number of thiazole rings is 1. The lowest BCUT2D eigenvalue weighted by molar-refractivity contribution is -0.0953. The molecule has 0 bridgehead atoms. The van der Waals surface area contributed by atoms with Crippen molar-refractivity contribution in [3.05, 3.63) is 16.6 Å². The van der Waals surface area contributed by atoms with Crippen LogP contribution in [0.5, 0.6) is 0 Å². The Balaban J connectivity index is 2.17. The second-order valence-corrected chi connectivity index (χ2v) is 6.24. The molecule has 1 unspecified atom stereocenters. The maximum absolute atomic E-state index is 10.7. The Morgan fingerprint density at radius 3 is 2.73 bits per heavy atom. The van der Waals surface area contributed by atoms with E-state index in [-0.39, 0.29) is 5.41 Å². The van der Waals surface area contributed by atoms with Gasteiger partial charge in [0.25, 0.3) is 0 Å². The van der Waals surface area contributed by atoms with Crippen molar-refractivity contribution in [1.29, 1.82) is 0 Å². The summed E-state index contributed by atoms with van der Waals surface area (Å²) >= 11 is 1.64. The van der Waals surface area contributed by atoms with E-state index in [2.05, 4.69) is 18.8 Å². The number of rotatable bonds is 2. The van der Waals surface area contributed by atoms with Crippen LogP contribution in [0.2, 0.25) is 0 Å². The van der Waals surface area contributed by atoms with Crippen molar-refractivity contribution in [3.63, 3.8) is 0 Å². The first-order valence-corrected chi connectivity index (χ1v) is 6.51. The molecule has 84 valence electrons. The van der Waals surface area contributed by atoms with Gasteiger partial charge < -0.3 is 5.11 Å². The predicted molar refractivity (Wildman–Crippen MR) is 63.0 cm³/mol. The van der Waals surface area contributed by atoms with Crippen LogP contribution in [0.1, 0.15) is 44.4 Å². The van der Waals surface area contributed by atoms with Crippen LogP contribution in [0, 0.1) is 5.41 Å². The molecule has 1 aromatic rings. The molecule has 1 aromatic heterocycles. The van der Waals surface area contributed by atoms with Crippen molar-refractivity contribution < 1.29 is 5.11 Å². The Morgan fingerprint density at radius 2 is 2.13 bits per heavy atom. The first kappa shape index (κ1) is 11.1. The molecule has 0 aromatic carbocycles. The van der Waals surface area contributed by atoms with E-state index in [1.54, 1.807) is 11.3 Å². The van der Waals surface area contributed by atoms with Crippen LogP contribution < -0.4 is 0 Å². The van der Waals surface area contributed by atoms with E-state index in [0.29, 0.717) is 0 Å². The number of hydrogen-bond acceptors (Lipinski definition) is 3. The van der Waals surface area contributed by atoms with Gasteiger partial charge in [0.15, 0.2) is 0 Å². The summed E-state index contributed by atoms with van der Waals surface area (Å²) in [7, 11) is 0. The molecule has 0 amide bonds. The third-order valence-corrected chi connectivity index (χ3v) is 4.63. The molecule has 1 aliphatic rings. The van der Waals surface area contributed by atoms with Crippen LogP contribution in [0.4, 0.5) is 0 Å². The highest BCUT2D eigenvalue weighted by molar-refractivity contribution is 7.09. The highest BCUT2D eigenvalue weighted by Gasteiger charge is 2.45. The first-order chi connectivity index (χ1) is 7.04. The first-order valence-electron chi connectivity index (χ1n) is 5.63. The Morgan fingerprint density at radius 1 is 1.40 bits per heavy atom. The van der Waals surface area contributed by atoms with Crippen LogP contribution in [-0.2, 0) is 6.42 Å². The van der Waals surface area contributed by atoms with Gasteiger partial charge in [-0.05, 0) is 18.3 Å². The standard InChI is InChI=1S/C12H19NOS/c1-11(2)5-3-4-6-12(11,14)7-10-8-13-9-15-10/h8-9,14H,3-7H2,1-2H3. The molecule has 1 atom stereocenters. The van der Waals surface area contributed by atoms with Gasteiger partial charge in [-0.1, -0.05) is 26.7 Å². The van der Waals surface area contributed by atoms with Crippen LogP contribution >= 0.6 is 11.3 Å². The van der Waals surface area contributed by atoms with Crippen LogP contribution in [-0.4, -0.2) is 15.7 Å². The van der Waals surface area contributed by atoms with Crippen molar-refractivity contribution in [3.8, 4) is 0 Å². The lowest BCUT2D eigenvalue weighted by Gasteiger charge is -2.46. The summed E-state index contributed by atoms with van der Waals surface area (Å²) in [4.78, 5) is 5.28. The summed E-state index contributed by atoms with van der Waals surface area (Å²) in [5, 5.41) is 10.7. The van der Waals surface area contributed by atoms with Crippen molar-refractivity contribution in [2.24, 2.45) is 5.41 Å². The van der Waals surface area contributed by atoms with E-state index in [1.165, 1.54) is 11.3 Å². The average molecular weight is 225 g/mol. The zero-order valence-electron chi connectivity index (χ0n) is 9.49. The van der Waals surface area contributed by atoms with Crippen molar-refractivity contribution >= 4 is 11.3 Å². The normalized spacial score (nSPS) is 30.3. The van der Waals surface area contributed by atoms with Crippen molar-refractivity contribution in [1.82, 2.24) is 4.98 Å². The van der Waals surface area contributed by atoms with Gasteiger partial charge in [-0.15, -0.1) is 11.3 Å². The van der Waals surface area contributed by atoms with Gasteiger partial charge in [0, 0.05) is 17.5 Å². The summed E-state index contributed by atoms with van der Waals surface area (Å²) in [6.45, 7) is 4.38.